The first-order valence-corrected chi connectivity index (χ1v) is 11.3. The number of aryl methyl sites for hydroxylation is 1. The third-order valence-electron chi connectivity index (χ3n) is 6.30. The molecule has 1 aliphatic carbocycles. The lowest BCUT2D eigenvalue weighted by Crippen LogP contribution is -2.46. The van der Waals surface area contributed by atoms with E-state index in [0.29, 0.717) is 5.56 Å². The van der Waals surface area contributed by atoms with Crippen LogP contribution in [0.15, 0.2) is 82.8 Å². The Labute approximate surface area is 193 Å². The fourth-order valence-corrected chi connectivity index (χ4v) is 4.47. The summed E-state index contributed by atoms with van der Waals surface area (Å²) >= 11 is 0. The van der Waals surface area contributed by atoms with Crippen molar-refractivity contribution in [3.05, 3.63) is 94.5 Å². The lowest BCUT2D eigenvalue weighted by molar-refractivity contribution is 0.653. The van der Waals surface area contributed by atoms with Crippen molar-refractivity contribution in [1.82, 2.24) is 9.97 Å². The summed E-state index contributed by atoms with van der Waals surface area (Å²) in [7, 11) is 0. The minimum Gasteiger partial charge on any atom is -0.368 e. The van der Waals surface area contributed by atoms with Gasteiger partial charge < -0.3 is 14.8 Å². The van der Waals surface area contributed by atoms with Crippen LogP contribution in [-0.4, -0.2) is 41.9 Å². The van der Waals surface area contributed by atoms with Gasteiger partial charge in [-0.1, -0.05) is 30.3 Å². The molecule has 2 aromatic rings. The Morgan fingerprint density at radius 3 is 2.36 bits per heavy atom. The molecule has 0 spiro atoms. The van der Waals surface area contributed by atoms with Gasteiger partial charge in [-0.2, -0.15) is 0 Å². The van der Waals surface area contributed by atoms with Crippen LogP contribution in [-0.2, 0) is 0 Å². The zero-order valence-electron chi connectivity index (χ0n) is 19.0. The Balaban J connectivity index is 1.40. The van der Waals surface area contributed by atoms with Crippen LogP contribution in [0.4, 0.5) is 17.1 Å². The van der Waals surface area contributed by atoms with E-state index in [0.717, 1.165) is 60.1 Å². The molecule has 1 N–H and O–H groups in total. The average Bonchev–Trinajstić information content (AvgIpc) is 2.99. The van der Waals surface area contributed by atoms with Gasteiger partial charge in [-0.25, -0.2) is 0 Å². The summed E-state index contributed by atoms with van der Waals surface area (Å²) in [5, 5.41) is 0. The number of aromatic nitrogens is 2. The number of rotatable bonds is 4. The standard InChI is InChI=1S/C27H27N5O/c1-19-8-9-22(32-16-14-31(15-17-32)21-10-12-28-13-11-21)18-25(19)29-20(2)26-23-6-4-3-5-7-24(23)30-27(26)33/h3-13,18H,14-17H2,1-2H3,(H,30,33)/b29-20+. The van der Waals surface area contributed by atoms with Crippen molar-refractivity contribution in [2.45, 2.75) is 13.8 Å². The number of aliphatic imine (C=N–C) groups is 1. The van der Waals surface area contributed by atoms with Gasteiger partial charge in [0.15, 0.2) is 0 Å². The van der Waals surface area contributed by atoms with E-state index in [9.17, 15) is 4.79 Å². The number of pyridine rings is 1. The highest BCUT2D eigenvalue weighted by molar-refractivity contribution is 6.05. The van der Waals surface area contributed by atoms with E-state index in [2.05, 4.69) is 57.0 Å². The van der Waals surface area contributed by atoms with Gasteiger partial charge in [-0.15, -0.1) is 0 Å². The first kappa shape index (κ1) is 20.9. The predicted molar refractivity (Wildman–Crippen MR) is 135 cm³/mol. The molecular weight excluding hydrogens is 410 g/mol. The third-order valence-corrected chi connectivity index (χ3v) is 6.30. The van der Waals surface area contributed by atoms with Crippen molar-refractivity contribution in [1.29, 1.82) is 0 Å². The molecule has 0 radical (unpaired) electrons. The van der Waals surface area contributed by atoms with Crippen molar-refractivity contribution < 1.29 is 0 Å². The summed E-state index contributed by atoms with van der Waals surface area (Å²) in [6.07, 6.45) is 3.69. The molecule has 3 heterocycles. The molecule has 5 rings (SSSR count). The Bertz CT molecular complexity index is 1320. The average molecular weight is 438 g/mol. The molecule has 0 unspecified atom stereocenters. The van der Waals surface area contributed by atoms with Gasteiger partial charge in [0.1, 0.15) is 0 Å². The van der Waals surface area contributed by atoms with Crippen LogP contribution >= 0.6 is 0 Å². The third kappa shape index (κ3) is 4.24. The molecule has 1 aromatic heterocycles. The van der Waals surface area contributed by atoms with Gasteiger partial charge in [0, 0.05) is 61.2 Å². The predicted octanol–water partition coefficient (Wildman–Crippen LogP) is 4.65. The zero-order chi connectivity index (χ0) is 22.8. The van der Waals surface area contributed by atoms with E-state index in [1.54, 1.807) is 0 Å². The lowest BCUT2D eigenvalue weighted by Gasteiger charge is -2.37. The fourth-order valence-electron chi connectivity index (χ4n) is 4.47. The highest BCUT2D eigenvalue weighted by Crippen LogP contribution is 2.29. The lowest BCUT2D eigenvalue weighted by atomic mass is 10.1. The second kappa shape index (κ2) is 8.90. The molecule has 0 amide bonds. The van der Waals surface area contributed by atoms with E-state index < -0.39 is 0 Å². The Hall–Kier alpha value is -3.93. The zero-order valence-corrected chi connectivity index (χ0v) is 19.0. The number of fused-ring (bicyclic) bond motifs is 1. The van der Waals surface area contributed by atoms with E-state index >= 15 is 0 Å². The minimum atomic E-state index is -0.0986. The van der Waals surface area contributed by atoms with Gasteiger partial charge in [-0.3, -0.25) is 14.8 Å². The topological polar surface area (TPSA) is 64.6 Å². The van der Waals surface area contributed by atoms with Crippen LogP contribution in [0.1, 0.15) is 18.1 Å². The molecule has 6 heteroatoms. The fraction of sp³-hybridized carbons (Fsp3) is 0.222. The largest absolute Gasteiger partial charge is 0.368 e. The van der Waals surface area contributed by atoms with Gasteiger partial charge in [-0.05, 0) is 49.7 Å². The molecular formula is C27H27N5O. The molecule has 1 saturated heterocycles. The number of H-pyrrole nitrogens is 1. The maximum absolute atomic E-state index is 12.7. The number of hydrogen-bond donors (Lipinski definition) is 1. The molecule has 3 aliphatic rings. The van der Waals surface area contributed by atoms with E-state index in [1.165, 1.54) is 5.69 Å². The maximum Gasteiger partial charge on any atom is 0.258 e. The number of piperazine rings is 1. The van der Waals surface area contributed by atoms with E-state index in [1.807, 2.05) is 49.6 Å². The summed E-state index contributed by atoms with van der Waals surface area (Å²) in [6, 6.07) is 20.3. The molecule has 1 aromatic carbocycles. The Morgan fingerprint density at radius 1 is 0.909 bits per heavy atom. The summed E-state index contributed by atoms with van der Waals surface area (Å²) in [4.78, 5) is 29.4. The summed E-state index contributed by atoms with van der Waals surface area (Å²) < 4.78 is 0. The van der Waals surface area contributed by atoms with Gasteiger partial charge in [0.25, 0.3) is 5.56 Å². The summed E-state index contributed by atoms with van der Waals surface area (Å²) in [5.41, 5.74) is 7.35. The molecule has 0 bridgehead atoms. The maximum atomic E-state index is 12.7. The number of nitrogens with zero attached hydrogens (tertiary/aromatic N) is 4. The van der Waals surface area contributed by atoms with Crippen molar-refractivity contribution in [2.24, 2.45) is 4.99 Å². The van der Waals surface area contributed by atoms with Crippen LogP contribution in [0.3, 0.4) is 0 Å². The van der Waals surface area contributed by atoms with Gasteiger partial charge in [0.05, 0.1) is 17.0 Å². The Kier molecular flexibility index (Phi) is 5.65. The highest BCUT2D eigenvalue weighted by Gasteiger charge is 2.19. The minimum absolute atomic E-state index is 0.0986. The summed E-state index contributed by atoms with van der Waals surface area (Å²) in [5.74, 6) is 0. The number of nitrogens with one attached hydrogen (secondary N) is 1. The Morgan fingerprint density at radius 2 is 1.61 bits per heavy atom. The van der Waals surface area contributed by atoms with Crippen molar-refractivity contribution >= 4 is 22.8 Å². The van der Waals surface area contributed by atoms with Crippen LogP contribution < -0.4 is 15.4 Å². The first-order valence-electron chi connectivity index (χ1n) is 11.3. The van der Waals surface area contributed by atoms with Crippen LogP contribution in [0.25, 0.3) is 11.3 Å². The number of anilines is 2. The van der Waals surface area contributed by atoms with Crippen LogP contribution in [0.5, 0.6) is 0 Å². The van der Waals surface area contributed by atoms with Gasteiger partial charge in [0.2, 0.25) is 0 Å². The number of hydrogen-bond acceptors (Lipinski definition) is 5. The van der Waals surface area contributed by atoms with Crippen LogP contribution in [0, 0.1) is 6.92 Å². The van der Waals surface area contributed by atoms with Crippen molar-refractivity contribution in [3.63, 3.8) is 0 Å². The molecule has 0 saturated carbocycles. The summed E-state index contributed by atoms with van der Waals surface area (Å²) in [6.45, 7) is 7.78. The van der Waals surface area contributed by atoms with Crippen molar-refractivity contribution in [3.8, 4) is 11.3 Å². The van der Waals surface area contributed by atoms with E-state index in [-0.39, 0.29) is 5.56 Å². The van der Waals surface area contributed by atoms with E-state index in [4.69, 9.17) is 4.99 Å². The highest BCUT2D eigenvalue weighted by atomic mass is 16.1. The molecule has 33 heavy (non-hydrogen) atoms. The molecule has 0 atom stereocenters. The smallest absolute Gasteiger partial charge is 0.258 e. The van der Waals surface area contributed by atoms with Crippen molar-refractivity contribution in [2.75, 3.05) is 36.0 Å². The quantitative estimate of drug-likeness (QED) is 0.472. The van der Waals surface area contributed by atoms with Gasteiger partial charge >= 0.3 is 0 Å². The number of benzene rings is 1. The molecule has 6 nitrogen and oxygen atoms in total. The molecule has 166 valence electrons. The monoisotopic (exact) mass is 437 g/mol. The first-order chi connectivity index (χ1) is 16.1. The molecule has 1 fully saturated rings. The van der Waals surface area contributed by atoms with Crippen LogP contribution in [0.2, 0.25) is 0 Å². The number of aromatic amines is 1. The second-order valence-corrected chi connectivity index (χ2v) is 8.41. The SMILES string of the molecule is C/C(=N\c1cc(N2CCN(c3ccncc3)CC2)ccc1C)c1c2cccccc-2[nH]c1=O. The normalized spacial score (nSPS) is 14.7. The second-order valence-electron chi connectivity index (χ2n) is 8.41. The molecule has 2 aliphatic heterocycles.